The van der Waals surface area contributed by atoms with E-state index in [1.807, 2.05) is 0 Å². The van der Waals surface area contributed by atoms with Gasteiger partial charge in [0.2, 0.25) is 11.2 Å². The number of carbonyl (C=O) groups excluding carboxylic acids is 4. The predicted octanol–water partition coefficient (Wildman–Crippen LogP) is 0.589. The molecule has 0 fully saturated rings. The van der Waals surface area contributed by atoms with E-state index in [1.54, 1.807) is 0 Å². The third kappa shape index (κ3) is 2.99. The van der Waals surface area contributed by atoms with Crippen LogP contribution in [0.4, 0.5) is 0 Å². The number of aromatic hydroxyl groups is 1. The number of nitrogens with zero attached hydrogens (tertiary/aromatic N) is 2. The molecule has 0 saturated carbocycles. The monoisotopic (exact) mass is 455 g/mol. The van der Waals surface area contributed by atoms with E-state index in [-0.39, 0.29) is 33.4 Å². The van der Waals surface area contributed by atoms with E-state index in [1.165, 1.54) is 18.2 Å². The maximum atomic E-state index is 13.4. The number of phenols is 1. The summed E-state index contributed by atoms with van der Waals surface area (Å²) in [6.07, 6.45) is -5.18. The number of ketones is 2. The maximum absolute atomic E-state index is 13.4. The molecule has 33 heavy (non-hydrogen) atoms. The lowest BCUT2D eigenvalue weighted by Crippen LogP contribution is -2.62. The highest BCUT2D eigenvalue weighted by atomic mass is 16.6. The molecule has 3 aliphatic rings. The van der Waals surface area contributed by atoms with Gasteiger partial charge in [-0.1, -0.05) is 12.1 Å². The van der Waals surface area contributed by atoms with Gasteiger partial charge in [0, 0.05) is 30.6 Å². The number of esters is 2. The summed E-state index contributed by atoms with van der Waals surface area (Å²) in [4.78, 5) is 53.5. The van der Waals surface area contributed by atoms with Crippen molar-refractivity contribution in [2.45, 2.75) is 50.7 Å². The molecule has 3 aliphatic carbocycles. The number of carbonyl (C=O) groups is 4. The van der Waals surface area contributed by atoms with Gasteiger partial charge in [-0.05, 0) is 13.0 Å². The number of benzene rings is 1. The molecule has 3 N–H and O–H groups in total. The molecule has 1 aromatic rings. The summed E-state index contributed by atoms with van der Waals surface area (Å²) >= 11 is 0. The Morgan fingerprint density at radius 3 is 2.30 bits per heavy atom. The molecule has 0 heterocycles. The second kappa shape index (κ2) is 7.33. The van der Waals surface area contributed by atoms with Crippen LogP contribution in [0.15, 0.2) is 40.5 Å². The largest absolute Gasteiger partial charge is 0.507 e. The van der Waals surface area contributed by atoms with Gasteiger partial charge in [0.15, 0.2) is 18.0 Å². The fourth-order valence-electron chi connectivity index (χ4n) is 4.82. The zero-order chi connectivity index (χ0) is 24.4. The van der Waals surface area contributed by atoms with Crippen molar-refractivity contribution in [3.05, 3.63) is 56.6 Å². The topological polar surface area (TPSA) is 176 Å². The molecule has 1 aromatic carbocycles. The van der Waals surface area contributed by atoms with Crippen molar-refractivity contribution >= 4 is 23.5 Å². The molecule has 4 rings (SSSR count). The van der Waals surface area contributed by atoms with Crippen molar-refractivity contribution < 1.29 is 44.0 Å². The molecular formula is C22H19N2O9+. The Labute approximate surface area is 186 Å². The van der Waals surface area contributed by atoms with Crippen LogP contribution in [0.1, 0.15) is 41.5 Å². The van der Waals surface area contributed by atoms with Gasteiger partial charge >= 0.3 is 18.0 Å². The molecule has 0 saturated heterocycles. The fourth-order valence-corrected chi connectivity index (χ4v) is 4.82. The number of diazo groups is 1. The highest BCUT2D eigenvalue weighted by Crippen LogP contribution is 2.51. The first kappa shape index (κ1) is 22.3. The number of fused-ring (bicyclic) bond motifs is 2. The van der Waals surface area contributed by atoms with Crippen LogP contribution in [-0.4, -0.2) is 68.8 Å². The zero-order valence-electron chi connectivity index (χ0n) is 17.7. The minimum Gasteiger partial charge on any atom is -0.507 e. The summed E-state index contributed by atoms with van der Waals surface area (Å²) in [7, 11) is 0. The zero-order valence-corrected chi connectivity index (χ0v) is 17.7. The average molecular weight is 455 g/mol. The number of hydrogen-bond donors (Lipinski definition) is 3. The van der Waals surface area contributed by atoms with Crippen LogP contribution >= 0.6 is 0 Å². The van der Waals surface area contributed by atoms with E-state index < -0.39 is 59.2 Å². The van der Waals surface area contributed by atoms with Crippen LogP contribution in [-0.2, 0) is 19.1 Å². The number of aliphatic hydroxyl groups excluding tert-OH is 1. The van der Waals surface area contributed by atoms with Crippen LogP contribution in [0.2, 0.25) is 0 Å². The van der Waals surface area contributed by atoms with Gasteiger partial charge in [0.1, 0.15) is 28.0 Å². The molecule has 0 aliphatic heterocycles. The van der Waals surface area contributed by atoms with Crippen molar-refractivity contribution in [1.29, 1.82) is 5.39 Å². The average Bonchev–Trinajstić information content (AvgIpc) is 3.07. The van der Waals surface area contributed by atoms with Crippen LogP contribution in [0.5, 0.6) is 5.75 Å². The second-order valence-electron chi connectivity index (χ2n) is 8.22. The number of aliphatic hydroxyl groups is 2. The molecule has 0 bridgehead atoms. The fraction of sp³-hybridized carbons (Fsp3) is 0.364. The number of hydrogen-bond acceptors (Lipinski definition) is 10. The van der Waals surface area contributed by atoms with Crippen LogP contribution in [0.25, 0.3) is 4.98 Å². The normalized spacial score (nSPS) is 30.3. The molecule has 0 amide bonds. The standard InChI is InChI=1S/C22H18N2O9/c1-7(25)32-20-15-13(19(30)21(22(20,3)31)33-8(2)26)12-14(16(15)24-23)18(29)11-9(17(12)28)5-4-6-10(11)27/h4-6,16,19-21,30-31H,1-3H3/p+1/t16?,19-,20+,21+,22+/m0/s1. The summed E-state index contributed by atoms with van der Waals surface area (Å²) in [6, 6.07) is 2.28. The number of ether oxygens (including phenoxy) is 2. The van der Waals surface area contributed by atoms with Crippen molar-refractivity contribution in [3.63, 3.8) is 0 Å². The van der Waals surface area contributed by atoms with E-state index in [2.05, 4.69) is 4.98 Å². The first-order valence-corrected chi connectivity index (χ1v) is 9.92. The lowest BCUT2D eigenvalue weighted by molar-refractivity contribution is -0.201. The Bertz CT molecular complexity index is 1250. The van der Waals surface area contributed by atoms with E-state index in [4.69, 9.17) is 9.47 Å². The van der Waals surface area contributed by atoms with Gasteiger partial charge < -0.3 is 24.8 Å². The summed E-state index contributed by atoms with van der Waals surface area (Å²) in [5.41, 5.74) is -3.82. The van der Waals surface area contributed by atoms with Crippen molar-refractivity contribution in [2.24, 2.45) is 0 Å². The molecule has 1 unspecified atom stereocenters. The number of Topliss-reactive ketones (excluding diaryl/α,β-unsaturated/α-hetero) is 2. The number of rotatable bonds is 2. The molecule has 11 nitrogen and oxygen atoms in total. The van der Waals surface area contributed by atoms with Crippen LogP contribution in [0.3, 0.4) is 0 Å². The molecule has 0 spiro atoms. The smallest absolute Gasteiger partial charge is 0.369 e. The van der Waals surface area contributed by atoms with E-state index >= 15 is 0 Å². The summed E-state index contributed by atoms with van der Waals surface area (Å²) in [5, 5.41) is 42.4. The Morgan fingerprint density at radius 1 is 1.09 bits per heavy atom. The number of phenolic OH excluding ortho intramolecular Hbond substituents is 1. The lowest BCUT2D eigenvalue weighted by Gasteiger charge is -2.44. The maximum Gasteiger partial charge on any atom is 0.369 e. The van der Waals surface area contributed by atoms with Gasteiger partial charge in [0.05, 0.1) is 11.1 Å². The van der Waals surface area contributed by atoms with Crippen molar-refractivity contribution in [3.8, 4) is 5.75 Å². The molecule has 0 radical (unpaired) electrons. The van der Waals surface area contributed by atoms with Gasteiger partial charge in [0.25, 0.3) is 0 Å². The summed E-state index contributed by atoms with van der Waals surface area (Å²) < 4.78 is 10.4. The van der Waals surface area contributed by atoms with Gasteiger partial charge in [-0.25, -0.2) is 0 Å². The van der Waals surface area contributed by atoms with Crippen molar-refractivity contribution in [1.82, 2.24) is 0 Å². The summed E-state index contributed by atoms with van der Waals surface area (Å²) in [6.45, 7) is 3.21. The Morgan fingerprint density at radius 2 is 1.73 bits per heavy atom. The minimum atomic E-state index is -2.23. The Hall–Kier alpha value is -3.88. The third-order valence-electron chi connectivity index (χ3n) is 6.07. The van der Waals surface area contributed by atoms with Gasteiger partial charge in [-0.3, -0.25) is 19.2 Å². The highest BCUT2D eigenvalue weighted by Gasteiger charge is 2.65. The SMILES string of the molecule is CC(=O)O[C@@H]1C2=C(C3=C(C(=O)c4c(O)cccc4C3=O)C2[N+]#N)[C@H](O)[C@@H](OC(C)=O)[C@]1(C)O. The first-order chi connectivity index (χ1) is 15.4. The molecule has 11 heteroatoms. The minimum absolute atomic E-state index is 0.151. The first-order valence-electron chi connectivity index (χ1n) is 9.92. The third-order valence-corrected chi connectivity index (χ3v) is 6.07. The highest BCUT2D eigenvalue weighted by molar-refractivity contribution is 6.31. The Balaban J connectivity index is 2.01. The van der Waals surface area contributed by atoms with Crippen LogP contribution in [0, 0.1) is 5.39 Å². The second-order valence-corrected chi connectivity index (χ2v) is 8.22. The molecule has 5 atom stereocenters. The molecule has 0 aromatic heterocycles. The quantitative estimate of drug-likeness (QED) is 0.422. The van der Waals surface area contributed by atoms with Gasteiger partial charge in [-0.15, -0.1) is 0 Å². The van der Waals surface area contributed by atoms with Crippen molar-refractivity contribution in [2.75, 3.05) is 0 Å². The van der Waals surface area contributed by atoms with Gasteiger partial charge in [-0.2, -0.15) is 0 Å². The summed E-state index contributed by atoms with van der Waals surface area (Å²) in [5.74, 6) is -3.82. The van der Waals surface area contributed by atoms with E-state index in [0.29, 0.717) is 0 Å². The molecular weight excluding hydrogens is 436 g/mol. The molecule has 170 valence electrons. The van der Waals surface area contributed by atoms with Crippen LogP contribution < -0.4 is 0 Å². The Kier molecular flexibility index (Phi) is 4.96. The van der Waals surface area contributed by atoms with E-state index in [9.17, 15) is 39.9 Å². The lowest BCUT2D eigenvalue weighted by atomic mass is 9.73. The van der Waals surface area contributed by atoms with E-state index in [0.717, 1.165) is 20.8 Å². The predicted molar refractivity (Wildman–Crippen MR) is 107 cm³/mol.